The molecule has 0 saturated heterocycles. The van der Waals surface area contributed by atoms with E-state index < -0.39 is 0 Å². The van der Waals surface area contributed by atoms with Crippen molar-refractivity contribution in [1.29, 1.82) is 0 Å². The van der Waals surface area contributed by atoms with Crippen LogP contribution in [-0.2, 0) is 13.5 Å². The van der Waals surface area contributed by atoms with Crippen molar-refractivity contribution in [1.82, 2.24) is 30.1 Å². The highest BCUT2D eigenvalue weighted by Crippen LogP contribution is 2.12. The van der Waals surface area contributed by atoms with Crippen LogP contribution in [0.4, 0.5) is 0 Å². The second-order valence-corrected chi connectivity index (χ2v) is 6.16. The maximum atomic E-state index is 12.3. The van der Waals surface area contributed by atoms with E-state index in [0.717, 1.165) is 23.5 Å². The minimum absolute atomic E-state index is 0.224. The van der Waals surface area contributed by atoms with E-state index >= 15 is 0 Å². The van der Waals surface area contributed by atoms with Gasteiger partial charge in [0.2, 0.25) is 0 Å². The average Bonchev–Trinajstić information content (AvgIpc) is 3.16. The van der Waals surface area contributed by atoms with Crippen molar-refractivity contribution in [3.05, 3.63) is 58.7 Å². The quantitative estimate of drug-likeness (QED) is 0.771. The van der Waals surface area contributed by atoms with Crippen molar-refractivity contribution in [3.63, 3.8) is 0 Å². The Hall–Kier alpha value is -2.96. The lowest BCUT2D eigenvalue weighted by molar-refractivity contribution is 0.0949. The van der Waals surface area contributed by atoms with Gasteiger partial charge in [-0.2, -0.15) is 5.10 Å². The van der Waals surface area contributed by atoms with Gasteiger partial charge in [0.25, 0.3) is 5.91 Å². The van der Waals surface area contributed by atoms with E-state index in [2.05, 4.69) is 20.7 Å². The highest BCUT2D eigenvalue weighted by Gasteiger charge is 2.13. The van der Waals surface area contributed by atoms with Crippen molar-refractivity contribution < 1.29 is 4.79 Å². The zero-order chi connectivity index (χ0) is 18.0. The van der Waals surface area contributed by atoms with Gasteiger partial charge in [-0.3, -0.25) is 9.48 Å². The summed E-state index contributed by atoms with van der Waals surface area (Å²) >= 11 is 0. The number of aromatic nitrogens is 5. The van der Waals surface area contributed by atoms with E-state index in [1.807, 2.05) is 56.8 Å². The molecule has 0 radical (unpaired) electrons. The highest BCUT2D eigenvalue weighted by molar-refractivity contribution is 5.91. The van der Waals surface area contributed by atoms with E-state index in [1.165, 1.54) is 11.1 Å². The Balaban J connectivity index is 1.61. The van der Waals surface area contributed by atoms with Gasteiger partial charge in [-0.1, -0.05) is 22.9 Å². The predicted molar refractivity (Wildman–Crippen MR) is 94.8 cm³/mol. The van der Waals surface area contributed by atoms with Gasteiger partial charge < -0.3 is 5.32 Å². The van der Waals surface area contributed by atoms with E-state index in [9.17, 15) is 4.79 Å². The SMILES string of the molecule is Cc1ccc(-n2cc(C(=O)NCCc3c(C)nn(C)c3C)nn2)cc1. The van der Waals surface area contributed by atoms with Gasteiger partial charge in [-0.05, 0) is 44.9 Å². The number of hydrogen-bond donors (Lipinski definition) is 1. The van der Waals surface area contributed by atoms with Crippen LogP contribution in [0.15, 0.2) is 30.5 Å². The first-order chi connectivity index (χ1) is 12.0. The van der Waals surface area contributed by atoms with Crippen molar-refractivity contribution in [2.75, 3.05) is 6.54 Å². The van der Waals surface area contributed by atoms with Gasteiger partial charge in [0.15, 0.2) is 5.69 Å². The summed E-state index contributed by atoms with van der Waals surface area (Å²) in [5.41, 5.74) is 5.64. The third-order valence-electron chi connectivity index (χ3n) is 4.34. The van der Waals surface area contributed by atoms with Crippen LogP contribution in [0.25, 0.3) is 5.69 Å². The summed E-state index contributed by atoms with van der Waals surface area (Å²) < 4.78 is 3.46. The molecule has 0 aliphatic carbocycles. The normalized spacial score (nSPS) is 10.9. The van der Waals surface area contributed by atoms with Crippen molar-refractivity contribution in [2.45, 2.75) is 27.2 Å². The lowest BCUT2D eigenvalue weighted by Gasteiger charge is -2.04. The molecule has 130 valence electrons. The summed E-state index contributed by atoms with van der Waals surface area (Å²) in [5.74, 6) is -0.224. The molecule has 1 amide bonds. The Labute approximate surface area is 146 Å². The fourth-order valence-electron chi connectivity index (χ4n) is 2.76. The highest BCUT2D eigenvalue weighted by atomic mass is 16.2. The Morgan fingerprint density at radius 2 is 1.88 bits per heavy atom. The third-order valence-corrected chi connectivity index (χ3v) is 4.34. The summed E-state index contributed by atoms with van der Waals surface area (Å²) in [7, 11) is 1.92. The Morgan fingerprint density at radius 3 is 2.52 bits per heavy atom. The van der Waals surface area contributed by atoms with Crippen molar-refractivity contribution in [2.24, 2.45) is 7.05 Å². The maximum Gasteiger partial charge on any atom is 0.273 e. The van der Waals surface area contributed by atoms with Crippen LogP contribution in [-0.4, -0.2) is 37.2 Å². The molecule has 3 aromatic rings. The monoisotopic (exact) mass is 338 g/mol. The van der Waals surface area contributed by atoms with Crippen molar-refractivity contribution >= 4 is 5.91 Å². The van der Waals surface area contributed by atoms with Gasteiger partial charge in [0.05, 0.1) is 17.6 Å². The first-order valence-corrected chi connectivity index (χ1v) is 8.22. The zero-order valence-electron chi connectivity index (χ0n) is 14.9. The minimum Gasteiger partial charge on any atom is -0.350 e. The van der Waals surface area contributed by atoms with E-state index in [1.54, 1.807) is 10.9 Å². The first-order valence-electron chi connectivity index (χ1n) is 8.22. The Morgan fingerprint density at radius 1 is 1.16 bits per heavy atom. The molecule has 2 heterocycles. The smallest absolute Gasteiger partial charge is 0.273 e. The first kappa shape index (κ1) is 16.9. The van der Waals surface area contributed by atoms with Gasteiger partial charge in [0, 0.05) is 19.3 Å². The lowest BCUT2D eigenvalue weighted by atomic mass is 10.1. The predicted octanol–water partition coefficient (Wildman–Crippen LogP) is 1.90. The summed E-state index contributed by atoms with van der Waals surface area (Å²) in [4.78, 5) is 12.3. The molecule has 0 fully saturated rings. The average molecular weight is 338 g/mol. The fraction of sp³-hybridized carbons (Fsp3) is 0.333. The van der Waals surface area contributed by atoms with Gasteiger partial charge in [-0.25, -0.2) is 4.68 Å². The number of carbonyl (C=O) groups excluding carboxylic acids is 1. The Kier molecular flexibility index (Phi) is 4.65. The van der Waals surface area contributed by atoms with Crippen LogP contribution < -0.4 is 5.32 Å². The molecule has 0 aliphatic rings. The molecule has 3 rings (SSSR count). The summed E-state index contributed by atoms with van der Waals surface area (Å²) in [6.45, 7) is 6.57. The van der Waals surface area contributed by atoms with Crippen molar-refractivity contribution in [3.8, 4) is 5.69 Å². The number of aryl methyl sites for hydroxylation is 3. The van der Waals surface area contributed by atoms with Crippen LogP contribution in [0.5, 0.6) is 0 Å². The van der Waals surface area contributed by atoms with Crippen LogP contribution in [0.1, 0.15) is 33.0 Å². The second kappa shape index (κ2) is 6.88. The molecule has 1 aromatic carbocycles. The molecule has 0 unspecified atom stereocenters. The largest absolute Gasteiger partial charge is 0.350 e. The van der Waals surface area contributed by atoms with Gasteiger partial charge in [-0.15, -0.1) is 5.10 Å². The molecule has 25 heavy (non-hydrogen) atoms. The summed E-state index contributed by atoms with van der Waals surface area (Å²) in [5, 5.41) is 15.3. The molecular formula is C18H22N6O. The van der Waals surface area contributed by atoms with Gasteiger partial charge >= 0.3 is 0 Å². The molecule has 7 nitrogen and oxygen atoms in total. The number of carbonyl (C=O) groups is 1. The molecule has 0 bridgehead atoms. The number of amides is 1. The second-order valence-electron chi connectivity index (χ2n) is 6.16. The van der Waals surface area contributed by atoms with Crippen LogP contribution in [0.3, 0.4) is 0 Å². The van der Waals surface area contributed by atoms with Crippen LogP contribution in [0.2, 0.25) is 0 Å². The standard InChI is InChI=1S/C18H22N6O/c1-12-5-7-15(8-6-12)24-11-17(20-22-24)18(25)19-10-9-16-13(2)21-23(4)14(16)3/h5-8,11H,9-10H2,1-4H3,(H,19,25). The minimum atomic E-state index is -0.224. The van der Waals surface area contributed by atoms with E-state index in [-0.39, 0.29) is 5.91 Å². The van der Waals surface area contributed by atoms with E-state index in [4.69, 9.17) is 0 Å². The molecule has 0 spiro atoms. The molecule has 0 saturated carbocycles. The fourth-order valence-corrected chi connectivity index (χ4v) is 2.76. The van der Waals surface area contributed by atoms with E-state index in [0.29, 0.717) is 12.2 Å². The Bertz CT molecular complexity index is 891. The van der Waals surface area contributed by atoms with Crippen LogP contribution >= 0.6 is 0 Å². The molecule has 0 aliphatic heterocycles. The third kappa shape index (κ3) is 3.60. The number of nitrogens with one attached hydrogen (secondary N) is 1. The summed E-state index contributed by atoms with van der Waals surface area (Å²) in [6.07, 6.45) is 2.38. The van der Waals surface area contributed by atoms with Crippen LogP contribution in [0, 0.1) is 20.8 Å². The molecule has 1 N–H and O–H groups in total. The topological polar surface area (TPSA) is 77.6 Å². The van der Waals surface area contributed by atoms with Gasteiger partial charge in [0.1, 0.15) is 0 Å². The number of hydrogen-bond acceptors (Lipinski definition) is 4. The molecule has 7 heteroatoms. The number of benzene rings is 1. The number of nitrogens with zero attached hydrogens (tertiary/aromatic N) is 5. The molecule has 2 aromatic heterocycles. The maximum absolute atomic E-state index is 12.3. The zero-order valence-corrected chi connectivity index (χ0v) is 14.9. The molecular weight excluding hydrogens is 316 g/mol. The lowest BCUT2D eigenvalue weighted by Crippen LogP contribution is -2.26. The summed E-state index contributed by atoms with van der Waals surface area (Å²) in [6, 6.07) is 7.88. The molecule has 0 atom stereocenters. The number of rotatable bonds is 5.